The molecule has 82 valence electrons. The van der Waals surface area contributed by atoms with Crippen LogP contribution in [0.5, 0.6) is 0 Å². The summed E-state index contributed by atoms with van der Waals surface area (Å²) in [7, 11) is 0. The van der Waals surface area contributed by atoms with Gasteiger partial charge in [-0.25, -0.2) is 0 Å². The summed E-state index contributed by atoms with van der Waals surface area (Å²) in [4.78, 5) is 0. The molecule has 2 nitrogen and oxygen atoms in total. The minimum atomic E-state index is 0.140. The first-order valence-corrected chi connectivity index (χ1v) is 5.53. The van der Waals surface area contributed by atoms with Crippen molar-refractivity contribution < 1.29 is 9.84 Å². The third-order valence-electron chi connectivity index (χ3n) is 2.71. The minimum absolute atomic E-state index is 0.140. The summed E-state index contributed by atoms with van der Waals surface area (Å²) < 4.78 is 5.30. The molecule has 1 saturated heterocycles. The molecule has 1 aliphatic rings. The quantitative estimate of drug-likeness (QED) is 0.525. The van der Waals surface area contributed by atoms with Crippen LogP contribution in [0.25, 0.3) is 0 Å². The van der Waals surface area contributed by atoms with Gasteiger partial charge in [0.2, 0.25) is 0 Å². The Morgan fingerprint density at radius 3 is 2.64 bits per heavy atom. The van der Waals surface area contributed by atoms with Crippen LogP contribution in [-0.4, -0.2) is 23.9 Å². The second-order valence-corrected chi connectivity index (χ2v) is 4.60. The van der Waals surface area contributed by atoms with Crippen molar-refractivity contribution in [2.75, 3.05) is 6.61 Å². The summed E-state index contributed by atoms with van der Waals surface area (Å²) in [6, 6.07) is 0. The van der Waals surface area contributed by atoms with Crippen molar-refractivity contribution in [3.63, 3.8) is 0 Å². The molecule has 1 aliphatic heterocycles. The van der Waals surface area contributed by atoms with Gasteiger partial charge in [-0.2, -0.15) is 0 Å². The monoisotopic (exact) mass is 198 g/mol. The van der Waals surface area contributed by atoms with E-state index in [2.05, 4.69) is 26.8 Å². The average Bonchev–Trinajstić information content (AvgIpc) is 2.82. The van der Waals surface area contributed by atoms with Crippen molar-refractivity contribution in [2.24, 2.45) is 5.92 Å². The zero-order chi connectivity index (χ0) is 10.6. The molecule has 1 fully saturated rings. The molecule has 0 aromatic heterocycles. The molecule has 0 saturated carbocycles. The minimum Gasteiger partial charge on any atom is -0.394 e. The van der Waals surface area contributed by atoms with E-state index in [1.165, 1.54) is 18.4 Å². The summed E-state index contributed by atoms with van der Waals surface area (Å²) >= 11 is 0. The van der Waals surface area contributed by atoms with Gasteiger partial charge in [-0.15, -0.1) is 0 Å². The number of ether oxygens (including phenoxy) is 1. The van der Waals surface area contributed by atoms with Crippen LogP contribution in [0, 0.1) is 5.92 Å². The number of aliphatic hydroxyl groups is 1. The number of aliphatic hydroxyl groups excluding tert-OH is 1. The summed E-state index contributed by atoms with van der Waals surface area (Å²) in [5.74, 6) is 0.701. The van der Waals surface area contributed by atoms with Gasteiger partial charge >= 0.3 is 0 Å². The fraction of sp³-hybridized carbons (Fsp3) is 0.833. The summed E-state index contributed by atoms with van der Waals surface area (Å²) in [6.07, 6.45) is 6.25. The Labute approximate surface area is 87.0 Å². The van der Waals surface area contributed by atoms with Crippen molar-refractivity contribution in [3.05, 3.63) is 11.6 Å². The normalized spacial score (nSPS) is 27.1. The zero-order valence-corrected chi connectivity index (χ0v) is 9.49. The number of epoxide rings is 1. The summed E-state index contributed by atoms with van der Waals surface area (Å²) in [5.41, 5.74) is 1.40. The van der Waals surface area contributed by atoms with E-state index in [0.717, 1.165) is 6.42 Å². The highest BCUT2D eigenvalue weighted by Crippen LogP contribution is 2.29. The Kier molecular flexibility index (Phi) is 4.63. The van der Waals surface area contributed by atoms with Crippen LogP contribution in [0.1, 0.15) is 40.0 Å². The molecule has 0 unspecified atom stereocenters. The van der Waals surface area contributed by atoms with Crippen LogP contribution in [0.3, 0.4) is 0 Å². The third kappa shape index (κ3) is 4.25. The van der Waals surface area contributed by atoms with Crippen molar-refractivity contribution in [1.82, 2.24) is 0 Å². The Bertz CT molecular complexity index is 194. The van der Waals surface area contributed by atoms with E-state index in [9.17, 15) is 0 Å². The second-order valence-electron chi connectivity index (χ2n) is 4.60. The van der Waals surface area contributed by atoms with Crippen molar-refractivity contribution in [1.29, 1.82) is 0 Å². The zero-order valence-electron chi connectivity index (χ0n) is 9.49. The lowest BCUT2D eigenvalue weighted by molar-refractivity contribution is 0.240. The molecule has 1 heterocycles. The van der Waals surface area contributed by atoms with Gasteiger partial charge in [-0.05, 0) is 39.0 Å². The molecule has 0 aromatic rings. The summed E-state index contributed by atoms with van der Waals surface area (Å²) in [5, 5.41) is 8.80. The molecule has 1 N–H and O–H groups in total. The Hall–Kier alpha value is -0.340. The van der Waals surface area contributed by atoms with Gasteiger partial charge in [0.1, 0.15) is 6.10 Å². The molecule has 0 radical (unpaired) electrons. The number of hydrogen-bond donors (Lipinski definition) is 1. The van der Waals surface area contributed by atoms with Crippen LogP contribution < -0.4 is 0 Å². The summed E-state index contributed by atoms with van der Waals surface area (Å²) in [6.45, 7) is 6.72. The topological polar surface area (TPSA) is 32.8 Å². The van der Waals surface area contributed by atoms with E-state index in [-0.39, 0.29) is 12.7 Å². The SMILES string of the molecule is CC(C)=CCC[C@H](C)C[C@H]1O[C@@H]1CO. The fourth-order valence-corrected chi connectivity index (χ4v) is 1.72. The third-order valence-corrected chi connectivity index (χ3v) is 2.71. The standard InChI is InChI=1S/C12H22O2/c1-9(2)5-4-6-10(3)7-11-12(8-13)14-11/h5,10-13H,4,6-8H2,1-3H3/t10-,11+,12+/m0/s1. The van der Waals surface area contributed by atoms with Gasteiger partial charge < -0.3 is 9.84 Å². The van der Waals surface area contributed by atoms with Crippen LogP contribution >= 0.6 is 0 Å². The van der Waals surface area contributed by atoms with Crippen LogP contribution in [0.4, 0.5) is 0 Å². The molecule has 2 heteroatoms. The number of rotatable bonds is 6. The van der Waals surface area contributed by atoms with Crippen LogP contribution in [0.15, 0.2) is 11.6 Å². The molecular formula is C12H22O2. The van der Waals surface area contributed by atoms with E-state index < -0.39 is 0 Å². The molecule has 0 aliphatic carbocycles. The van der Waals surface area contributed by atoms with Gasteiger partial charge in [0.15, 0.2) is 0 Å². The maximum absolute atomic E-state index is 8.80. The molecule has 0 amide bonds. The van der Waals surface area contributed by atoms with E-state index in [0.29, 0.717) is 12.0 Å². The van der Waals surface area contributed by atoms with Crippen molar-refractivity contribution >= 4 is 0 Å². The molecule has 14 heavy (non-hydrogen) atoms. The predicted octanol–water partition coefficient (Wildman–Crippen LogP) is 2.52. The second kappa shape index (κ2) is 5.52. The van der Waals surface area contributed by atoms with Crippen LogP contribution in [0.2, 0.25) is 0 Å². The lowest BCUT2D eigenvalue weighted by Crippen LogP contribution is -2.04. The number of hydrogen-bond acceptors (Lipinski definition) is 2. The van der Waals surface area contributed by atoms with Crippen LogP contribution in [-0.2, 0) is 4.74 Å². The highest BCUT2D eigenvalue weighted by Gasteiger charge is 2.38. The van der Waals surface area contributed by atoms with E-state index in [1.807, 2.05) is 0 Å². The maximum atomic E-state index is 8.80. The lowest BCUT2D eigenvalue weighted by Gasteiger charge is -2.07. The molecule has 0 bridgehead atoms. The molecule has 1 rings (SSSR count). The van der Waals surface area contributed by atoms with Gasteiger partial charge in [-0.3, -0.25) is 0 Å². The van der Waals surface area contributed by atoms with E-state index in [4.69, 9.17) is 9.84 Å². The van der Waals surface area contributed by atoms with Crippen molar-refractivity contribution in [2.45, 2.75) is 52.2 Å². The Morgan fingerprint density at radius 1 is 1.43 bits per heavy atom. The average molecular weight is 198 g/mol. The molecule has 3 atom stereocenters. The Morgan fingerprint density at radius 2 is 2.14 bits per heavy atom. The van der Waals surface area contributed by atoms with E-state index in [1.54, 1.807) is 0 Å². The van der Waals surface area contributed by atoms with Gasteiger partial charge in [0.05, 0.1) is 12.7 Å². The Balaban J connectivity index is 2.05. The highest BCUT2D eigenvalue weighted by atomic mass is 16.6. The van der Waals surface area contributed by atoms with E-state index >= 15 is 0 Å². The highest BCUT2D eigenvalue weighted by molar-refractivity contribution is 4.93. The fourth-order valence-electron chi connectivity index (χ4n) is 1.72. The predicted molar refractivity (Wildman–Crippen MR) is 58.2 cm³/mol. The first-order chi connectivity index (χ1) is 6.63. The largest absolute Gasteiger partial charge is 0.394 e. The molecule has 0 spiro atoms. The van der Waals surface area contributed by atoms with Gasteiger partial charge in [0.25, 0.3) is 0 Å². The first kappa shape index (κ1) is 11.7. The first-order valence-electron chi connectivity index (χ1n) is 5.53. The lowest BCUT2D eigenvalue weighted by atomic mass is 9.98. The van der Waals surface area contributed by atoms with Gasteiger partial charge in [0, 0.05) is 0 Å². The van der Waals surface area contributed by atoms with Crippen molar-refractivity contribution in [3.8, 4) is 0 Å². The number of allylic oxidation sites excluding steroid dienone is 2. The molecule has 0 aromatic carbocycles. The van der Waals surface area contributed by atoms with Gasteiger partial charge in [-0.1, -0.05) is 18.6 Å². The smallest absolute Gasteiger partial charge is 0.107 e. The molecular weight excluding hydrogens is 176 g/mol. The maximum Gasteiger partial charge on any atom is 0.107 e.